The number of aromatic amines is 1. The predicted octanol–water partition coefficient (Wildman–Crippen LogP) is 1.70. The lowest BCUT2D eigenvalue weighted by atomic mass is 10.2. The van der Waals surface area contributed by atoms with Crippen molar-refractivity contribution in [1.29, 1.82) is 0 Å². The molecule has 0 aliphatic carbocycles. The number of nitrogens with one attached hydrogen (secondary N) is 2. The Labute approximate surface area is 108 Å². The fourth-order valence-corrected chi connectivity index (χ4v) is 1.65. The number of fused-ring (bicyclic) bond motifs is 1. The van der Waals surface area contributed by atoms with E-state index >= 15 is 0 Å². The third-order valence-corrected chi connectivity index (χ3v) is 2.53. The average molecular weight is 254 g/mol. The van der Waals surface area contributed by atoms with E-state index in [4.69, 9.17) is 4.74 Å². The summed E-state index contributed by atoms with van der Waals surface area (Å²) in [5.41, 5.74) is 1.95. The molecule has 2 aromatic rings. The number of ether oxygens (including phenoxy) is 1. The lowest BCUT2D eigenvalue weighted by Crippen LogP contribution is -2.18. The van der Waals surface area contributed by atoms with Gasteiger partial charge in [0, 0.05) is 29.9 Å². The van der Waals surface area contributed by atoms with Crippen molar-refractivity contribution in [2.45, 2.75) is 0 Å². The molecule has 0 radical (unpaired) electrons. The molecule has 0 amide bonds. The SMILES string of the molecule is O=C(Oc1ncc[nH]1)C1=CN=Cc2ccccc2N1. The Morgan fingerprint density at radius 1 is 1.26 bits per heavy atom. The highest BCUT2D eigenvalue weighted by Crippen LogP contribution is 2.18. The quantitative estimate of drug-likeness (QED) is 0.799. The highest BCUT2D eigenvalue weighted by Gasteiger charge is 2.16. The smallest absolute Gasteiger partial charge is 0.364 e. The van der Waals surface area contributed by atoms with Gasteiger partial charge in [-0.25, -0.2) is 9.78 Å². The molecule has 1 aliphatic heterocycles. The molecule has 1 aromatic heterocycles. The number of rotatable bonds is 2. The Morgan fingerprint density at radius 2 is 2.16 bits per heavy atom. The van der Waals surface area contributed by atoms with Crippen LogP contribution in [0.25, 0.3) is 0 Å². The maximum Gasteiger partial charge on any atom is 0.364 e. The summed E-state index contributed by atoms with van der Waals surface area (Å²) >= 11 is 0. The van der Waals surface area contributed by atoms with Crippen LogP contribution in [0, 0.1) is 0 Å². The van der Waals surface area contributed by atoms with Crippen molar-refractivity contribution in [3.05, 3.63) is 54.1 Å². The predicted molar refractivity (Wildman–Crippen MR) is 70.0 cm³/mol. The summed E-state index contributed by atoms with van der Waals surface area (Å²) < 4.78 is 5.05. The van der Waals surface area contributed by atoms with Gasteiger partial charge in [-0.3, -0.25) is 4.99 Å². The molecule has 19 heavy (non-hydrogen) atoms. The minimum absolute atomic E-state index is 0.147. The normalized spacial score (nSPS) is 12.9. The van der Waals surface area contributed by atoms with E-state index in [-0.39, 0.29) is 11.7 Å². The van der Waals surface area contributed by atoms with Gasteiger partial charge < -0.3 is 15.0 Å². The third-order valence-electron chi connectivity index (χ3n) is 2.53. The minimum Gasteiger partial charge on any atom is -0.387 e. The molecular formula is C13H10N4O2. The molecule has 1 aliphatic rings. The van der Waals surface area contributed by atoms with Crippen molar-refractivity contribution in [3.8, 4) is 6.01 Å². The molecule has 0 atom stereocenters. The van der Waals surface area contributed by atoms with Crippen molar-refractivity contribution in [3.63, 3.8) is 0 Å². The lowest BCUT2D eigenvalue weighted by molar-refractivity contribution is -0.130. The molecule has 2 N–H and O–H groups in total. The molecular weight excluding hydrogens is 244 g/mol. The van der Waals surface area contributed by atoms with E-state index in [1.165, 1.54) is 12.4 Å². The summed E-state index contributed by atoms with van der Waals surface area (Å²) in [6.07, 6.45) is 6.18. The van der Waals surface area contributed by atoms with Crippen LogP contribution in [0.4, 0.5) is 5.69 Å². The van der Waals surface area contributed by atoms with Gasteiger partial charge in [0.05, 0.1) is 6.20 Å². The first-order valence-corrected chi connectivity index (χ1v) is 5.64. The second-order valence-corrected chi connectivity index (χ2v) is 3.82. The Kier molecular flexibility index (Phi) is 2.82. The summed E-state index contributed by atoms with van der Waals surface area (Å²) in [4.78, 5) is 22.5. The standard InChI is InChI=1S/C13H10N4O2/c18-12(19-13-15-5-6-16-13)11-8-14-7-9-3-1-2-4-10(9)17-11/h1-8,17H,(H,15,16). The van der Waals surface area contributed by atoms with Gasteiger partial charge in [0.15, 0.2) is 0 Å². The summed E-state index contributed by atoms with van der Waals surface area (Å²) in [6, 6.07) is 7.69. The van der Waals surface area contributed by atoms with E-state index in [9.17, 15) is 4.79 Å². The van der Waals surface area contributed by atoms with Gasteiger partial charge in [-0.1, -0.05) is 18.2 Å². The molecule has 2 heterocycles. The van der Waals surface area contributed by atoms with Gasteiger partial charge in [0.2, 0.25) is 0 Å². The number of anilines is 1. The van der Waals surface area contributed by atoms with E-state index in [0.717, 1.165) is 11.3 Å². The molecule has 1 aromatic carbocycles. The van der Waals surface area contributed by atoms with Gasteiger partial charge in [-0.05, 0) is 6.07 Å². The number of nitrogens with zero attached hydrogens (tertiary/aromatic N) is 2. The monoisotopic (exact) mass is 254 g/mol. The molecule has 0 spiro atoms. The van der Waals surface area contributed by atoms with Crippen LogP contribution in [0.3, 0.4) is 0 Å². The summed E-state index contributed by atoms with van der Waals surface area (Å²) in [7, 11) is 0. The molecule has 94 valence electrons. The first-order chi connectivity index (χ1) is 9.33. The van der Waals surface area contributed by atoms with E-state index in [1.54, 1.807) is 12.4 Å². The fourth-order valence-electron chi connectivity index (χ4n) is 1.65. The van der Waals surface area contributed by atoms with E-state index in [1.807, 2.05) is 24.3 Å². The number of imidazole rings is 1. The Hall–Kier alpha value is -2.89. The van der Waals surface area contributed by atoms with Crippen molar-refractivity contribution >= 4 is 17.9 Å². The number of H-pyrrole nitrogens is 1. The number of esters is 1. The van der Waals surface area contributed by atoms with Crippen molar-refractivity contribution in [1.82, 2.24) is 9.97 Å². The average Bonchev–Trinajstić information content (AvgIpc) is 2.82. The zero-order chi connectivity index (χ0) is 13.1. The van der Waals surface area contributed by atoms with E-state index in [2.05, 4.69) is 20.3 Å². The lowest BCUT2D eigenvalue weighted by Gasteiger charge is -2.08. The van der Waals surface area contributed by atoms with Crippen molar-refractivity contribution in [2.24, 2.45) is 4.99 Å². The van der Waals surface area contributed by atoms with Crippen LogP contribution in [0.1, 0.15) is 5.56 Å². The van der Waals surface area contributed by atoms with Gasteiger partial charge in [-0.2, -0.15) is 0 Å². The fraction of sp³-hybridized carbons (Fsp3) is 0. The molecule has 0 saturated carbocycles. The second kappa shape index (κ2) is 4.77. The molecule has 0 bridgehead atoms. The molecule has 0 saturated heterocycles. The zero-order valence-corrected chi connectivity index (χ0v) is 9.83. The summed E-state index contributed by atoms with van der Waals surface area (Å²) in [5.74, 6) is -0.552. The minimum atomic E-state index is -0.552. The highest BCUT2D eigenvalue weighted by atomic mass is 16.5. The number of aromatic nitrogens is 2. The largest absolute Gasteiger partial charge is 0.387 e. The van der Waals surface area contributed by atoms with E-state index in [0.29, 0.717) is 0 Å². The van der Waals surface area contributed by atoms with E-state index < -0.39 is 5.97 Å². The first kappa shape index (κ1) is 11.2. The molecule has 0 unspecified atom stereocenters. The number of hydrogen-bond acceptors (Lipinski definition) is 5. The Morgan fingerprint density at radius 3 is 3.00 bits per heavy atom. The maximum absolute atomic E-state index is 11.9. The third kappa shape index (κ3) is 2.37. The van der Waals surface area contributed by atoms with Crippen LogP contribution in [0.2, 0.25) is 0 Å². The Bertz CT molecular complexity index is 659. The highest BCUT2D eigenvalue weighted by molar-refractivity contribution is 5.98. The number of aliphatic imine (C=N–C) groups is 1. The van der Waals surface area contributed by atoms with Crippen LogP contribution < -0.4 is 10.1 Å². The number of benzene rings is 1. The van der Waals surface area contributed by atoms with Crippen molar-refractivity contribution in [2.75, 3.05) is 5.32 Å². The zero-order valence-electron chi connectivity index (χ0n) is 9.83. The van der Waals surface area contributed by atoms with Gasteiger partial charge >= 0.3 is 12.0 Å². The second-order valence-electron chi connectivity index (χ2n) is 3.82. The van der Waals surface area contributed by atoms with Gasteiger partial charge in [-0.15, -0.1) is 0 Å². The van der Waals surface area contributed by atoms with Crippen LogP contribution >= 0.6 is 0 Å². The summed E-state index contributed by atoms with van der Waals surface area (Å²) in [5, 5.41) is 2.99. The van der Waals surface area contributed by atoms with Gasteiger partial charge in [0.25, 0.3) is 0 Å². The molecule has 3 rings (SSSR count). The number of carbonyl (C=O) groups is 1. The van der Waals surface area contributed by atoms with Crippen LogP contribution in [-0.2, 0) is 4.79 Å². The number of hydrogen-bond donors (Lipinski definition) is 2. The van der Waals surface area contributed by atoms with Crippen LogP contribution in [0.5, 0.6) is 6.01 Å². The summed E-state index contributed by atoms with van der Waals surface area (Å²) in [6.45, 7) is 0. The van der Waals surface area contributed by atoms with Crippen LogP contribution in [0.15, 0.2) is 53.5 Å². The molecule has 6 nitrogen and oxygen atoms in total. The Balaban J connectivity index is 1.81. The number of para-hydroxylation sites is 1. The first-order valence-electron chi connectivity index (χ1n) is 5.64. The van der Waals surface area contributed by atoms with Gasteiger partial charge in [0.1, 0.15) is 5.70 Å². The number of carbonyl (C=O) groups excluding carboxylic acids is 1. The topological polar surface area (TPSA) is 79.4 Å². The molecule has 6 heteroatoms. The van der Waals surface area contributed by atoms with Crippen LogP contribution in [-0.4, -0.2) is 22.2 Å². The maximum atomic E-state index is 11.9. The van der Waals surface area contributed by atoms with Crippen molar-refractivity contribution < 1.29 is 9.53 Å². The molecule has 0 fully saturated rings.